The van der Waals surface area contributed by atoms with Gasteiger partial charge in [-0.1, -0.05) is 24.3 Å². The average molecular weight is 324 g/mol. The highest BCUT2D eigenvalue weighted by atomic mass is 16.6. The third-order valence-corrected chi connectivity index (χ3v) is 3.60. The number of carbonyl (C=O) groups excluding carboxylic acids is 1. The third kappa shape index (κ3) is 3.81. The Morgan fingerprint density at radius 3 is 2.71 bits per heavy atom. The van der Waals surface area contributed by atoms with Crippen molar-refractivity contribution >= 4 is 16.9 Å². The first-order valence-corrected chi connectivity index (χ1v) is 7.49. The highest BCUT2D eigenvalue weighted by molar-refractivity contribution is 5.78. The molecule has 5 nitrogen and oxygen atoms in total. The van der Waals surface area contributed by atoms with Gasteiger partial charge in [-0.3, -0.25) is 0 Å². The normalized spacial score (nSPS) is 10.5. The fraction of sp³-hybridized carbons (Fsp3) is 0.158. The van der Waals surface area contributed by atoms with Crippen molar-refractivity contribution < 1.29 is 18.7 Å². The summed E-state index contributed by atoms with van der Waals surface area (Å²) < 4.78 is 15.7. The van der Waals surface area contributed by atoms with E-state index < -0.39 is 11.6 Å². The second-order valence-corrected chi connectivity index (χ2v) is 5.33. The molecule has 3 rings (SSSR count). The van der Waals surface area contributed by atoms with E-state index in [2.05, 4.69) is 0 Å². The van der Waals surface area contributed by atoms with Gasteiger partial charge < -0.3 is 13.9 Å². The van der Waals surface area contributed by atoms with Crippen molar-refractivity contribution in [3.63, 3.8) is 0 Å². The number of hydrogen-bond donors (Lipinski definition) is 0. The standard InChI is InChI=1S/C19H16O5/c1-13-4-2-3-5-15(13)11-23-19(21)12-22-16-8-6-14-7-9-18(20)24-17(14)10-16/h2-10H,11-12H2,1H3. The van der Waals surface area contributed by atoms with Crippen molar-refractivity contribution in [1.29, 1.82) is 0 Å². The smallest absolute Gasteiger partial charge is 0.344 e. The molecule has 0 radical (unpaired) electrons. The van der Waals surface area contributed by atoms with E-state index >= 15 is 0 Å². The lowest BCUT2D eigenvalue weighted by atomic mass is 10.1. The molecule has 0 unspecified atom stereocenters. The van der Waals surface area contributed by atoms with Crippen LogP contribution in [0.1, 0.15) is 11.1 Å². The lowest BCUT2D eigenvalue weighted by Crippen LogP contribution is -2.15. The molecule has 5 heteroatoms. The molecule has 0 spiro atoms. The summed E-state index contributed by atoms with van der Waals surface area (Å²) in [6.07, 6.45) is 0. The summed E-state index contributed by atoms with van der Waals surface area (Å²) in [7, 11) is 0. The Hall–Kier alpha value is -3.08. The molecule has 0 saturated heterocycles. The second-order valence-electron chi connectivity index (χ2n) is 5.33. The Labute approximate surface area is 138 Å². The van der Waals surface area contributed by atoms with E-state index in [0.717, 1.165) is 16.5 Å². The minimum absolute atomic E-state index is 0.210. The van der Waals surface area contributed by atoms with Gasteiger partial charge >= 0.3 is 11.6 Å². The van der Waals surface area contributed by atoms with Gasteiger partial charge in [-0.25, -0.2) is 9.59 Å². The van der Waals surface area contributed by atoms with E-state index in [4.69, 9.17) is 13.9 Å². The SMILES string of the molecule is Cc1ccccc1COC(=O)COc1ccc2ccc(=O)oc2c1. The van der Waals surface area contributed by atoms with E-state index in [0.29, 0.717) is 11.3 Å². The maximum absolute atomic E-state index is 11.8. The molecule has 0 aliphatic carbocycles. The van der Waals surface area contributed by atoms with E-state index in [9.17, 15) is 9.59 Å². The number of fused-ring (bicyclic) bond motifs is 1. The van der Waals surface area contributed by atoms with Crippen LogP contribution in [0.15, 0.2) is 63.8 Å². The lowest BCUT2D eigenvalue weighted by Gasteiger charge is -2.09. The predicted molar refractivity (Wildman–Crippen MR) is 89.0 cm³/mol. The van der Waals surface area contributed by atoms with Gasteiger partial charge in [0, 0.05) is 17.5 Å². The molecule has 0 saturated carbocycles. The molecule has 1 heterocycles. The summed E-state index contributed by atoms with van der Waals surface area (Å²) in [5.74, 6) is -0.0300. The minimum atomic E-state index is -0.465. The van der Waals surface area contributed by atoms with Crippen molar-refractivity contribution in [3.8, 4) is 5.75 Å². The Kier molecular flexibility index (Phi) is 4.61. The van der Waals surface area contributed by atoms with Crippen LogP contribution in [0.3, 0.4) is 0 Å². The van der Waals surface area contributed by atoms with Gasteiger partial charge in [0.2, 0.25) is 0 Å². The average Bonchev–Trinajstić information content (AvgIpc) is 2.59. The topological polar surface area (TPSA) is 65.7 Å². The van der Waals surface area contributed by atoms with E-state index in [1.807, 2.05) is 31.2 Å². The number of ether oxygens (including phenoxy) is 2. The Bertz CT molecular complexity index is 926. The molecule has 1 aromatic heterocycles. The summed E-state index contributed by atoms with van der Waals surface area (Å²) in [5, 5.41) is 0.782. The molecule has 0 N–H and O–H groups in total. The van der Waals surface area contributed by atoms with Crippen molar-refractivity contribution in [2.75, 3.05) is 6.61 Å². The summed E-state index contributed by atoms with van der Waals surface area (Å²) in [6, 6.07) is 15.8. The molecule has 0 bridgehead atoms. The van der Waals surface area contributed by atoms with Gasteiger partial charge in [-0.2, -0.15) is 0 Å². The maximum Gasteiger partial charge on any atom is 0.344 e. The first kappa shape index (κ1) is 15.8. The molecule has 0 fully saturated rings. The molecule has 0 atom stereocenters. The van der Waals surface area contributed by atoms with Gasteiger partial charge in [0.15, 0.2) is 6.61 Å². The highest BCUT2D eigenvalue weighted by Gasteiger charge is 2.07. The van der Waals surface area contributed by atoms with E-state index in [1.165, 1.54) is 6.07 Å². The first-order chi connectivity index (χ1) is 11.6. The maximum atomic E-state index is 11.8. The minimum Gasteiger partial charge on any atom is -0.482 e. The monoisotopic (exact) mass is 324 g/mol. The van der Waals surface area contributed by atoms with Crippen LogP contribution in [0.25, 0.3) is 11.0 Å². The van der Waals surface area contributed by atoms with Crippen molar-refractivity contribution in [2.24, 2.45) is 0 Å². The fourth-order valence-electron chi connectivity index (χ4n) is 2.24. The van der Waals surface area contributed by atoms with Crippen LogP contribution < -0.4 is 10.4 Å². The third-order valence-electron chi connectivity index (χ3n) is 3.60. The van der Waals surface area contributed by atoms with Gasteiger partial charge in [0.25, 0.3) is 0 Å². The zero-order chi connectivity index (χ0) is 16.9. The predicted octanol–water partition coefficient (Wildman–Crippen LogP) is 3.22. The lowest BCUT2D eigenvalue weighted by molar-refractivity contribution is -0.147. The molecular formula is C19H16O5. The summed E-state index contributed by atoms with van der Waals surface area (Å²) >= 11 is 0. The van der Waals surface area contributed by atoms with Crippen LogP contribution >= 0.6 is 0 Å². The van der Waals surface area contributed by atoms with Crippen LogP contribution in [0.4, 0.5) is 0 Å². The Morgan fingerprint density at radius 1 is 1.08 bits per heavy atom. The van der Waals surface area contributed by atoms with Crippen LogP contribution in [-0.2, 0) is 16.1 Å². The second kappa shape index (κ2) is 7.00. The summed E-state index contributed by atoms with van der Waals surface area (Å²) in [5.41, 5.74) is 2.00. The van der Waals surface area contributed by atoms with Crippen molar-refractivity contribution in [1.82, 2.24) is 0 Å². The number of carbonyl (C=O) groups is 1. The van der Waals surface area contributed by atoms with Crippen LogP contribution in [0.2, 0.25) is 0 Å². The van der Waals surface area contributed by atoms with Crippen molar-refractivity contribution in [2.45, 2.75) is 13.5 Å². The number of benzene rings is 2. The zero-order valence-corrected chi connectivity index (χ0v) is 13.2. The van der Waals surface area contributed by atoms with Crippen LogP contribution in [0.5, 0.6) is 5.75 Å². The van der Waals surface area contributed by atoms with Crippen LogP contribution in [-0.4, -0.2) is 12.6 Å². The fourth-order valence-corrected chi connectivity index (χ4v) is 2.24. The van der Waals surface area contributed by atoms with Gasteiger partial charge in [-0.05, 0) is 36.2 Å². The number of rotatable bonds is 5. The summed E-state index contributed by atoms with van der Waals surface area (Å²) in [4.78, 5) is 23.0. The van der Waals surface area contributed by atoms with Gasteiger partial charge in [0.1, 0.15) is 17.9 Å². The number of aryl methyl sites for hydroxylation is 1. The molecule has 0 aliphatic heterocycles. The number of hydrogen-bond acceptors (Lipinski definition) is 5. The Morgan fingerprint density at radius 2 is 1.88 bits per heavy atom. The molecule has 122 valence electrons. The molecule has 0 aliphatic rings. The van der Waals surface area contributed by atoms with E-state index in [-0.39, 0.29) is 13.2 Å². The first-order valence-electron chi connectivity index (χ1n) is 7.49. The quantitative estimate of drug-likeness (QED) is 0.532. The van der Waals surface area contributed by atoms with E-state index in [1.54, 1.807) is 24.3 Å². The van der Waals surface area contributed by atoms with Gasteiger partial charge in [0.05, 0.1) is 0 Å². The molecular weight excluding hydrogens is 308 g/mol. The number of esters is 1. The van der Waals surface area contributed by atoms with Gasteiger partial charge in [-0.15, -0.1) is 0 Å². The molecule has 24 heavy (non-hydrogen) atoms. The molecule has 3 aromatic rings. The summed E-state index contributed by atoms with van der Waals surface area (Å²) in [6.45, 7) is 1.96. The van der Waals surface area contributed by atoms with Crippen LogP contribution in [0, 0.1) is 6.92 Å². The molecule has 0 amide bonds. The zero-order valence-electron chi connectivity index (χ0n) is 13.2. The largest absolute Gasteiger partial charge is 0.482 e. The van der Waals surface area contributed by atoms with Crippen molar-refractivity contribution in [3.05, 3.63) is 76.1 Å². The molecule has 2 aromatic carbocycles. The Balaban J connectivity index is 1.58. The highest BCUT2D eigenvalue weighted by Crippen LogP contribution is 2.19.